The summed E-state index contributed by atoms with van der Waals surface area (Å²) in [7, 11) is 0. The minimum atomic E-state index is -0.675. The number of hydrogen-bond acceptors (Lipinski definition) is 5. The van der Waals surface area contributed by atoms with Crippen molar-refractivity contribution < 1.29 is 14.0 Å². The summed E-state index contributed by atoms with van der Waals surface area (Å²) in [6.45, 7) is 3.22. The van der Waals surface area contributed by atoms with E-state index in [-0.39, 0.29) is 23.4 Å². The van der Waals surface area contributed by atoms with E-state index in [2.05, 4.69) is 5.32 Å². The smallest absolute Gasteiger partial charge is 0.349 e. The summed E-state index contributed by atoms with van der Waals surface area (Å²) in [5, 5.41) is 3.94. The van der Waals surface area contributed by atoms with E-state index in [1.165, 1.54) is 4.90 Å². The molecule has 1 atom stereocenters. The number of carbonyl (C=O) groups is 2. The lowest BCUT2D eigenvalue weighted by atomic mass is 9.97. The molecular weight excluding hydrogens is 332 g/mol. The van der Waals surface area contributed by atoms with Crippen LogP contribution in [-0.2, 0) is 4.79 Å². The number of imide groups is 1. The molecule has 2 heterocycles. The van der Waals surface area contributed by atoms with Crippen molar-refractivity contribution in [2.45, 2.75) is 38.6 Å². The van der Waals surface area contributed by atoms with E-state index in [1.807, 2.05) is 12.1 Å². The van der Waals surface area contributed by atoms with Crippen molar-refractivity contribution in [1.82, 2.24) is 10.2 Å². The molecule has 2 fully saturated rings. The number of carbonyl (C=O) groups excluding carboxylic acids is 2. The predicted molar refractivity (Wildman–Crippen MR) is 97.0 cm³/mol. The maximum atomic E-state index is 13.2. The molecule has 0 spiro atoms. The van der Waals surface area contributed by atoms with Gasteiger partial charge in [-0.25, -0.2) is 4.79 Å². The van der Waals surface area contributed by atoms with Gasteiger partial charge in [0.15, 0.2) is 0 Å². The maximum absolute atomic E-state index is 13.2. The highest BCUT2D eigenvalue weighted by Gasteiger charge is 2.41. The number of piperidine rings is 1. The number of amides is 2. The molecule has 0 bridgehead atoms. The molecule has 1 N–H and O–H groups in total. The first-order chi connectivity index (χ1) is 12.6. The van der Waals surface area contributed by atoms with Crippen LogP contribution in [0.1, 0.15) is 41.6 Å². The summed E-state index contributed by atoms with van der Waals surface area (Å²) >= 11 is 0. The Labute approximate surface area is 151 Å². The number of rotatable bonds is 3. The van der Waals surface area contributed by atoms with E-state index in [9.17, 15) is 14.4 Å². The van der Waals surface area contributed by atoms with Crippen LogP contribution in [-0.4, -0.2) is 35.8 Å². The van der Waals surface area contributed by atoms with Gasteiger partial charge in [-0.3, -0.25) is 14.5 Å². The molecular formula is C20H22N2O4. The van der Waals surface area contributed by atoms with Gasteiger partial charge in [0.25, 0.3) is 5.91 Å². The Morgan fingerprint density at radius 1 is 1.19 bits per heavy atom. The Kier molecular flexibility index (Phi) is 4.36. The minimum absolute atomic E-state index is 0.0206. The van der Waals surface area contributed by atoms with Gasteiger partial charge < -0.3 is 9.73 Å². The number of para-hydroxylation sites is 1. The quantitative estimate of drug-likeness (QED) is 0.675. The van der Waals surface area contributed by atoms with Crippen LogP contribution < -0.4 is 10.9 Å². The average Bonchev–Trinajstić information content (AvgIpc) is 3.47. The standard InChI is InChI=1S/C20H22N2O4/c1-12-15-6-2-3-7-16(15)26-20(25)17(12)19(24)22(14-8-9-14)18(23)13-5-4-10-21-11-13/h2-3,6-7,13-14,21H,4-5,8-11H2,1H3. The Balaban J connectivity index is 1.74. The first-order valence-corrected chi connectivity index (χ1v) is 9.18. The molecule has 1 aromatic heterocycles. The zero-order valence-corrected chi connectivity index (χ0v) is 14.8. The summed E-state index contributed by atoms with van der Waals surface area (Å²) in [4.78, 5) is 40.1. The van der Waals surface area contributed by atoms with E-state index in [0.29, 0.717) is 17.7 Å². The van der Waals surface area contributed by atoms with Gasteiger partial charge in [0.2, 0.25) is 5.91 Å². The van der Waals surface area contributed by atoms with Gasteiger partial charge in [0.1, 0.15) is 11.1 Å². The first-order valence-electron chi connectivity index (χ1n) is 9.18. The van der Waals surface area contributed by atoms with Gasteiger partial charge in [-0.05, 0) is 50.8 Å². The van der Waals surface area contributed by atoms with Gasteiger partial charge in [-0.2, -0.15) is 0 Å². The van der Waals surface area contributed by atoms with Crippen LogP contribution in [0.4, 0.5) is 0 Å². The first kappa shape index (κ1) is 17.0. The summed E-state index contributed by atoms with van der Waals surface area (Å²) in [6, 6.07) is 7.04. The Hall–Kier alpha value is -2.47. The molecule has 2 aromatic rings. The fourth-order valence-electron chi connectivity index (χ4n) is 3.71. The monoisotopic (exact) mass is 354 g/mol. The fourth-order valence-corrected chi connectivity index (χ4v) is 3.71. The van der Waals surface area contributed by atoms with Gasteiger partial charge >= 0.3 is 5.63 Å². The van der Waals surface area contributed by atoms with Crippen LogP contribution in [0.15, 0.2) is 33.5 Å². The van der Waals surface area contributed by atoms with E-state index in [4.69, 9.17) is 4.42 Å². The van der Waals surface area contributed by atoms with Crippen LogP contribution in [0, 0.1) is 12.8 Å². The molecule has 1 aliphatic carbocycles. The van der Waals surface area contributed by atoms with Crippen LogP contribution in [0.5, 0.6) is 0 Å². The molecule has 26 heavy (non-hydrogen) atoms. The summed E-state index contributed by atoms with van der Waals surface area (Å²) in [6.07, 6.45) is 3.29. The van der Waals surface area contributed by atoms with Gasteiger partial charge in [-0.1, -0.05) is 18.2 Å². The van der Waals surface area contributed by atoms with E-state index in [0.717, 1.165) is 37.6 Å². The molecule has 1 unspecified atom stereocenters. The Morgan fingerprint density at radius 3 is 2.65 bits per heavy atom. The van der Waals surface area contributed by atoms with Crippen molar-refractivity contribution in [3.8, 4) is 0 Å². The number of hydrogen-bond donors (Lipinski definition) is 1. The van der Waals surface area contributed by atoms with Crippen LogP contribution in [0.3, 0.4) is 0 Å². The lowest BCUT2D eigenvalue weighted by molar-refractivity contribution is -0.133. The molecule has 136 valence electrons. The molecule has 1 saturated carbocycles. The Bertz CT molecular complexity index is 923. The zero-order valence-electron chi connectivity index (χ0n) is 14.8. The second-order valence-electron chi connectivity index (χ2n) is 7.17. The fraction of sp³-hybridized carbons (Fsp3) is 0.450. The van der Waals surface area contributed by atoms with Gasteiger partial charge in [0, 0.05) is 18.0 Å². The normalized spacial score (nSPS) is 20.1. The average molecular weight is 354 g/mol. The highest BCUT2D eigenvalue weighted by molar-refractivity contribution is 6.08. The largest absolute Gasteiger partial charge is 0.422 e. The van der Waals surface area contributed by atoms with Crippen molar-refractivity contribution in [2.75, 3.05) is 13.1 Å². The van der Waals surface area contributed by atoms with Crippen molar-refractivity contribution in [1.29, 1.82) is 0 Å². The lowest BCUT2D eigenvalue weighted by Crippen LogP contribution is -2.47. The van der Waals surface area contributed by atoms with Crippen molar-refractivity contribution in [3.05, 3.63) is 45.8 Å². The summed E-state index contributed by atoms with van der Waals surface area (Å²) in [5.74, 6) is -0.891. The van der Waals surface area contributed by atoms with Crippen LogP contribution >= 0.6 is 0 Å². The van der Waals surface area contributed by atoms with Crippen molar-refractivity contribution in [2.24, 2.45) is 5.92 Å². The summed E-state index contributed by atoms with van der Waals surface area (Å²) < 4.78 is 5.34. The number of fused-ring (bicyclic) bond motifs is 1. The number of benzene rings is 1. The molecule has 2 amide bonds. The minimum Gasteiger partial charge on any atom is -0.422 e. The second kappa shape index (κ2) is 6.68. The lowest BCUT2D eigenvalue weighted by Gasteiger charge is -2.28. The highest BCUT2D eigenvalue weighted by Crippen LogP contribution is 2.31. The summed E-state index contributed by atoms with van der Waals surface area (Å²) in [5.41, 5.74) is 0.327. The molecule has 1 aliphatic heterocycles. The molecule has 1 saturated heterocycles. The van der Waals surface area contributed by atoms with Crippen molar-refractivity contribution in [3.63, 3.8) is 0 Å². The molecule has 4 rings (SSSR count). The predicted octanol–water partition coefficient (Wildman–Crippen LogP) is 2.23. The third-order valence-electron chi connectivity index (χ3n) is 5.30. The molecule has 6 heteroatoms. The molecule has 1 aromatic carbocycles. The van der Waals surface area contributed by atoms with E-state index >= 15 is 0 Å². The molecule has 2 aliphatic rings. The van der Waals surface area contributed by atoms with Gasteiger partial charge in [0.05, 0.1) is 5.92 Å². The number of aryl methyl sites for hydroxylation is 1. The SMILES string of the molecule is Cc1c(C(=O)N(C(=O)C2CCCNC2)C2CC2)c(=O)oc2ccccc12. The third-order valence-corrected chi connectivity index (χ3v) is 5.30. The van der Waals surface area contributed by atoms with Gasteiger partial charge in [-0.15, -0.1) is 0 Å². The van der Waals surface area contributed by atoms with Crippen LogP contribution in [0.2, 0.25) is 0 Å². The highest BCUT2D eigenvalue weighted by atomic mass is 16.4. The number of nitrogens with zero attached hydrogens (tertiary/aromatic N) is 1. The Morgan fingerprint density at radius 2 is 1.96 bits per heavy atom. The van der Waals surface area contributed by atoms with Crippen molar-refractivity contribution >= 4 is 22.8 Å². The van der Waals surface area contributed by atoms with Crippen LogP contribution in [0.25, 0.3) is 11.0 Å². The number of nitrogens with one attached hydrogen (secondary N) is 1. The molecule has 6 nitrogen and oxygen atoms in total. The third kappa shape index (κ3) is 2.94. The molecule has 0 radical (unpaired) electrons. The topological polar surface area (TPSA) is 79.6 Å². The second-order valence-corrected chi connectivity index (χ2v) is 7.17. The van der Waals surface area contributed by atoms with E-state index < -0.39 is 11.5 Å². The maximum Gasteiger partial charge on any atom is 0.349 e. The zero-order chi connectivity index (χ0) is 18.3. The van der Waals surface area contributed by atoms with E-state index in [1.54, 1.807) is 19.1 Å².